The maximum absolute atomic E-state index is 12.4. The Morgan fingerprint density at radius 2 is 2.00 bits per heavy atom. The molecule has 0 unspecified atom stereocenters. The zero-order valence-corrected chi connectivity index (χ0v) is 13.8. The molecular formula is C18H17NO6. The molecule has 0 saturated carbocycles. The van der Waals surface area contributed by atoms with Crippen LogP contribution >= 0.6 is 0 Å². The summed E-state index contributed by atoms with van der Waals surface area (Å²) in [6.45, 7) is 2.24. The third-order valence-electron chi connectivity index (χ3n) is 3.37. The number of nitro benzene ring substituents is 1. The van der Waals surface area contributed by atoms with Gasteiger partial charge in [0.05, 0.1) is 24.2 Å². The molecule has 0 aliphatic rings. The minimum atomic E-state index is -0.721. The van der Waals surface area contributed by atoms with Crippen molar-refractivity contribution >= 4 is 17.5 Å². The van der Waals surface area contributed by atoms with Crippen molar-refractivity contribution in [1.82, 2.24) is 0 Å². The molecular weight excluding hydrogens is 326 g/mol. The van der Waals surface area contributed by atoms with Crippen LogP contribution in [0.25, 0.3) is 6.08 Å². The van der Waals surface area contributed by atoms with E-state index in [9.17, 15) is 20.0 Å². The average molecular weight is 343 g/mol. The molecule has 1 N–H and O–H groups in total. The highest BCUT2D eigenvalue weighted by atomic mass is 16.6. The van der Waals surface area contributed by atoms with E-state index in [1.807, 2.05) is 6.92 Å². The molecule has 25 heavy (non-hydrogen) atoms. The predicted molar refractivity (Wildman–Crippen MR) is 92.3 cm³/mol. The number of phenols is 1. The van der Waals surface area contributed by atoms with Crippen molar-refractivity contribution in [3.63, 3.8) is 0 Å². The number of ketones is 1. The molecule has 0 radical (unpaired) electrons. The Kier molecular flexibility index (Phi) is 5.73. The Morgan fingerprint density at radius 3 is 2.64 bits per heavy atom. The van der Waals surface area contributed by atoms with Crippen molar-refractivity contribution in [2.45, 2.75) is 6.92 Å². The number of para-hydroxylation sites is 1. The predicted octanol–water partition coefficient (Wildman–Crippen LogP) is 3.60. The standard InChI is InChI=1S/C18H17NO6/c1-3-25-16-7-5-4-6-13(16)15(20)9-8-12-10-14(19(22)23)18(21)17(11-12)24-2/h4-11,21H,3H2,1-2H3/b9-8+. The number of aromatic hydroxyl groups is 1. The van der Waals surface area contributed by atoms with Gasteiger partial charge in [-0.3, -0.25) is 14.9 Å². The molecule has 0 spiro atoms. The largest absolute Gasteiger partial charge is 0.500 e. The van der Waals surface area contributed by atoms with Gasteiger partial charge in [-0.25, -0.2) is 0 Å². The van der Waals surface area contributed by atoms with Gasteiger partial charge in [0.25, 0.3) is 0 Å². The number of nitro groups is 1. The van der Waals surface area contributed by atoms with E-state index in [0.717, 1.165) is 6.07 Å². The first-order valence-corrected chi connectivity index (χ1v) is 7.47. The number of allylic oxidation sites excluding steroid dienone is 1. The SMILES string of the molecule is CCOc1ccccc1C(=O)/C=C/c1cc(OC)c(O)c([N+](=O)[O-])c1. The number of benzene rings is 2. The normalized spacial score (nSPS) is 10.6. The molecule has 0 saturated heterocycles. The number of carbonyl (C=O) groups is 1. The molecule has 7 heteroatoms. The molecule has 2 aromatic rings. The first kappa shape index (κ1) is 18.0. The smallest absolute Gasteiger partial charge is 0.315 e. The number of rotatable bonds is 7. The lowest BCUT2D eigenvalue weighted by Crippen LogP contribution is -2.01. The third kappa shape index (κ3) is 4.14. The second-order valence-corrected chi connectivity index (χ2v) is 4.97. The third-order valence-corrected chi connectivity index (χ3v) is 3.37. The Bertz CT molecular complexity index is 828. The molecule has 2 aromatic carbocycles. The summed E-state index contributed by atoms with van der Waals surface area (Å²) in [5.74, 6) is -0.443. The molecule has 0 aliphatic carbocycles. The van der Waals surface area contributed by atoms with Crippen LogP contribution in [0.1, 0.15) is 22.8 Å². The maximum Gasteiger partial charge on any atom is 0.315 e. The lowest BCUT2D eigenvalue weighted by atomic mass is 10.1. The molecule has 130 valence electrons. The van der Waals surface area contributed by atoms with E-state index >= 15 is 0 Å². The van der Waals surface area contributed by atoms with Gasteiger partial charge in [-0.05, 0) is 36.8 Å². The van der Waals surface area contributed by atoms with Gasteiger partial charge in [0, 0.05) is 6.07 Å². The van der Waals surface area contributed by atoms with Crippen LogP contribution in [0.3, 0.4) is 0 Å². The van der Waals surface area contributed by atoms with Crippen LogP contribution in [0.2, 0.25) is 0 Å². The fourth-order valence-electron chi connectivity index (χ4n) is 2.22. The van der Waals surface area contributed by atoms with Crippen LogP contribution in [0.4, 0.5) is 5.69 Å². The van der Waals surface area contributed by atoms with Crippen molar-refractivity contribution in [3.05, 3.63) is 63.7 Å². The van der Waals surface area contributed by atoms with Crippen LogP contribution in [0.5, 0.6) is 17.2 Å². The molecule has 0 atom stereocenters. The topological polar surface area (TPSA) is 98.9 Å². The number of hydrogen-bond acceptors (Lipinski definition) is 6. The summed E-state index contributed by atoms with van der Waals surface area (Å²) in [6, 6.07) is 9.38. The van der Waals surface area contributed by atoms with E-state index in [-0.39, 0.29) is 11.5 Å². The zero-order chi connectivity index (χ0) is 18.4. The van der Waals surface area contributed by atoms with Gasteiger partial charge in [-0.2, -0.15) is 0 Å². The molecule has 0 aliphatic heterocycles. The van der Waals surface area contributed by atoms with Crippen LogP contribution in [-0.4, -0.2) is 29.5 Å². The van der Waals surface area contributed by atoms with Crippen molar-refractivity contribution < 1.29 is 24.3 Å². The molecule has 0 bridgehead atoms. The summed E-state index contributed by atoms with van der Waals surface area (Å²) in [6.07, 6.45) is 2.70. The quantitative estimate of drug-likeness (QED) is 0.357. The van der Waals surface area contributed by atoms with E-state index in [0.29, 0.717) is 23.5 Å². The van der Waals surface area contributed by atoms with E-state index in [1.165, 1.54) is 25.3 Å². The minimum Gasteiger partial charge on any atom is -0.500 e. The van der Waals surface area contributed by atoms with Crippen LogP contribution < -0.4 is 9.47 Å². The molecule has 0 aromatic heterocycles. The zero-order valence-electron chi connectivity index (χ0n) is 13.8. The second-order valence-electron chi connectivity index (χ2n) is 4.97. The van der Waals surface area contributed by atoms with Gasteiger partial charge in [0.1, 0.15) is 5.75 Å². The summed E-state index contributed by atoms with van der Waals surface area (Å²) in [7, 11) is 1.29. The monoisotopic (exact) mass is 343 g/mol. The van der Waals surface area contributed by atoms with E-state index < -0.39 is 16.4 Å². The van der Waals surface area contributed by atoms with Gasteiger partial charge in [0.15, 0.2) is 11.5 Å². The highest BCUT2D eigenvalue weighted by molar-refractivity contribution is 6.08. The van der Waals surface area contributed by atoms with E-state index in [4.69, 9.17) is 9.47 Å². The number of ether oxygens (including phenoxy) is 2. The first-order chi connectivity index (χ1) is 12.0. The average Bonchev–Trinajstić information content (AvgIpc) is 2.61. The van der Waals surface area contributed by atoms with E-state index in [2.05, 4.69) is 0 Å². The number of nitrogens with zero attached hydrogens (tertiary/aromatic N) is 1. The Hall–Kier alpha value is -3.35. The Balaban J connectivity index is 2.35. The molecule has 0 amide bonds. The minimum absolute atomic E-state index is 0.0454. The van der Waals surface area contributed by atoms with Crippen LogP contribution in [0.15, 0.2) is 42.5 Å². The fourth-order valence-corrected chi connectivity index (χ4v) is 2.22. The number of phenolic OH excluding ortho intramolecular Hbond substituents is 1. The first-order valence-electron chi connectivity index (χ1n) is 7.47. The summed E-state index contributed by atoms with van der Waals surface area (Å²) in [5.41, 5.74) is 0.241. The van der Waals surface area contributed by atoms with Gasteiger partial charge >= 0.3 is 5.69 Å². The van der Waals surface area contributed by atoms with Gasteiger partial charge < -0.3 is 14.6 Å². The van der Waals surface area contributed by atoms with Crippen molar-refractivity contribution in [3.8, 4) is 17.2 Å². The second kappa shape index (κ2) is 7.96. The Morgan fingerprint density at radius 1 is 1.28 bits per heavy atom. The van der Waals surface area contributed by atoms with Gasteiger partial charge in [-0.15, -0.1) is 0 Å². The molecule has 2 rings (SSSR count). The Labute approximate surface area is 144 Å². The van der Waals surface area contributed by atoms with Gasteiger partial charge in [-0.1, -0.05) is 18.2 Å². The fraction of sp³-hybridized carbons (Fsp3) is 0.167. The summed E-state index contributed by atoms with van der Waals surface area (Å²) >= 11 is 0. The number of methoxy groups -OCH3 is 1. The van der Waals surface area contributed by atoms with Crippen molar-refractivity contribution in [2.24, 2.45) is 0 Å². The van der Waals surface area contributed by atoms with Crippen LogP contribution in [-0.2, 0) is 0 Å². The highest BCUT2D eigenvalue weighted by Gasteiger charge is 2.19. The lowest BCUT2D eigenvalue weighted by molar-refractivity contribution is -0.386. The molecule has 7 nitrogen and oxygen atoms in total. The lowest BCUT2D eigenvalue weighted by Gasteiger charge is -2.07. The highest BCUT2D eigenvalue weighted by Crippen LogP contribution is 2.37. The molecule has 0 heterocycles. The maximum atomic E-state index is 12.4. The van der Waals surface area contributed by atoms with Crippen LogP contribution in [0, 0.1) is 10.1 Å². The van der Waals surface area contributed by atoms with E-state index in [1.54, 1.807) is 24.3 Å². The van der Waals surface area contributed by atoms with Gasteiger partial charge in [0.2, 0.25) is 5.75 Å². The van der Waals surface area contributed by atoms with Crippen molar-refractivity contribution in [1.29, 1.82) is 0 Å². The summed E-state index contributed by atoms with van der Waals surface area (Å²) in [4.78, 5) is 22.7. The number of carbonyl (C=O) groups excluding carboxylic acids is 1. The summed E-state index contributed by atoms with van der Waals surface area (Å²) in [5, 5.41) is 20.8. The van der Waals surface area contributed by atoms with Crippen molar-refractivity contribution in [2.75, 3.05) is 13.7 Å². The summed E-state index contributed by atoms with van der Waals surface area (Å²) < 4.78 is 10.3. The molecule has 0 fully saturated rings. The number of hydrogen-bond donors (Lipinski definition) is 1.